The Morgan fingerprint density at radius 3 is 2.20 bits per heavy atom. The van der Waals surface area contributed by atoms with Crippen molar-refractivity contribution < 1.29 is 14.8 Å². The number of nitrogens with zero attached hydrogens (tertiary/aromatic N) is 2. The van der Waals surface area contributed by atoms with Crippen LogP contribution in [-0.2, 0) is 10.2 Å². The molecule has 0 heterocycles. The average Bonchev–Trinajstić information content (AvgIpc) is 3.52. The van der Waals surface area contributed by atoms with Gasteiger partial charge < -0.3 is 5.11 Å². The van der Waals surface area contributed by atoms with Gasteiger partial charge in [-0.15, -0.1) is 0 Å². The average molecular weight is 401 g/mol. The summed E-state index contributed by atoms with van der Waals surface area (Å²) in [4.78, 5) is 22.9. The summed E-state index contributed by atoms with van der Waals surface area (Å²) in [5, 5.41) is 24.4. The number of carbonyl (C=O) groups is 1. The molecular weight excluding hydrogens is 382 g/mol. The van der Waals surface area contributed by atoms with Gasteiger partial charge in [0, 0.05) is 11.5 Å². The normalized spacial score (nSPS) is 16.9. The van der Waals surface area contributed by atoms with E-state index in [4.69, 9.17) is 0 Å². The van der Waals surface area contributed by atoms with Gasteiger partial charge in [0.05, 0.1) is 17.1 Å². The number of aromatic hydroxyl groups is 1. The molecular formula is C23H19N3O4. The van der Waals surface area contributed by atoms with Crippen molar-refractivity contribution in [2.45, 2.75) is 11.8 Å². The third kappa shape index (κ3) is 3.53. The Morgan fingerprint density at radius 1 is 1.07 bits per heavy atom. The summed E-state index contributed by atoms with van der Waals surface area (Å²) in [5.41, 5.74) is 4.40. The number of nitro benzene ring substituents is 1. The lowest BCUT2D eigenvalue weighted by molar-refractivity contribution is -0.385. The molecule has 0 bridgehead atoms. The number of amides is 1. The second-order valence-corrected chi connectivity index (χ2v) is 7.20. The molecule has 0 aliphatic heterocycles. The van der Waals surface area contributed by atoms with Gasteiger partial charge in [-0.3, -0.25) is 14.9 Å². The van der Waals surface area contributed by atoms with Gasteiger partial charge in [-0.2, -0.15) is 5.10 Å². The zero-order valence-corrected chi connectivity index (χ0v) is 15.9. The molecule has 7 nitrogen and oxygen atoms in total. The van der Waals surface area contributed by atoms with Crippen LogP contribution in [0.5, 0.6) is 5.75 Å². The molecule has 1 aliphatic carbocycles. The van der Waals surface area contributed by atoms with E-state index in [-0.39, 0.29) is 22.9 Å². The SMILES string of the molecule is O=C(NN=Cc1ccc([N+](=O)[O-])c(O)c1)[C@@H]1CC1(c1ccccc1)c1ccccc1. The molecule has 0 radical (unpaired) electrons. The summed E-state index contributed by atoms with van der Waals surface area (Å²) in [6, 6.07) is 23.7. The van der Waals surface area contributed by atoms with Crippen LogP contribution in [0, 0.1) is 16.0 Å². The van der Waals surface area contributed by atoms with Gasteiger partial charge in [-0.05, 0) is 35.2 Å². The highest BCUT2D eigenvalue weighted by Crippen LogP contribution is 2.58. The Bertz CT molecular complexity index is 1070. The number of phenolic OH excluding ortho intramolecular Hbond substituents is 1. The third-order valence-corrected chi connectivity index (χ3v) is 5.44. The fourth-order valence-electron chi connectivity index (χ4n) is 3.88. The van der Waals surface area contributed by atoms with Crippen LogP contribution in [0.1, 0.15) is 23.1 Å². The molecule has 3 aromatic carbocycles. The molecule has 0 saturated heterocycles. The van der Waals surface area contributed by atoms with Crippen molar-refractivity contribution >= 4 is 17.8 Å². The largest absolute Gasteiger partial charge is 0.502 e. The topological polar surface area (TPSA) is 105 Å². The van der Waals surface area contributed by atoms with Gasteiger partial charge in [-0.25, -0.2) is 5.43 Å². The first-order valence-corrected chi connectivity index (χ1v) is 9.44. The van der Waals surface area contributed by atoms with Crippen molar-refractivity contribution in [1.82, 2.24) is 5.43 Å². The van der Waals surface area contributed by atoms with E-state index in [0.717, 1.165) is 11.1 Å². The molecule has 4 rings (SSSR count). The predicted molar refractivity (Wildman–Crippen MR) is 112 cm³/mol. The van der Waals surface area contributed by atoms with E-state index in [1.165, 1.54) is 24.4 Å². The Balaban J connectivity index is 1.51. The zero-order valence-electron chi connectivity index (χ0n) is 15.9. The second kappa shape index (κ2) is 7.79. The minimum absolute atomic E-state index is 0.204. The first-order chi connectivity index (χ1) is 14.5. The van der Waals surface area contributed by atoms with E-state index >= 15 is 0 Å². The molecule has 0 unspecified atom stereocenters. The fraction of sp³-hybridized carbons (Fsp3) is 0.130. The van der Waals surface area contributed by atoms with Crippen LogP contribution in [0.4, 0.5) is 5.69 Å². The smallest absolute Gasteiger partial charge is 0.310 e. The number of hydrazone groups is 1. The van der Waals surface area contributed by atoms with Gasteiger partial charge in [0.2, 0.25) is 5.91 Å². The van der Waals surface area contributed by atoms with Crippen LogP contribution in [0.3, 0.4) is 0 Å². The monoisotopic (exact) mass is 401 g/mol. The van der Waals surface area contributed by atoms with Crippen LogP contribution in [0.2, 0.25) is 0 Å². The van der Waals surface area contributed by atoms with Crippen molar-refractivity contribution in [2.24, 2.45) is 11.0 Å². The van der Waals surface area contributed by atoms with E-state index in [0.29, 0.717) is 12.0 Å². The van der Waals surface area contributed by atoms with Gasteiger partial charge in [0.1, 0.15) is 0 Å². The maximum Gasteiger partial charge on any atom is 0.310 e. The highest BCUT2D eigenvalue weighted by Gasteiger charge is 2.60. The molecule has 1 aliphatic rings. The van der Waals surface area contributed by atoms with Crippen molar-refractivity contribution in [2.75, 3.05) is 0 Å². The number of rotatable bonds is 6. The first-order valence-electron chi connectivity index (χ1n) is 9.44. The number of carbonyl (C=O) groups excluding carboxylic acids is 1. The summed E-state index contributed by atoms with van der Waals surface area (Å²) >= 11 is 0. The van der Waals surface area contributed by atoms with Gasteiger partial charge in [0.15, 0.2) is 5.75 Å². The lowest BCUT2D eigenvalue weighted by Crippen LogP contribution is -2.25. The van der Waals surface area contributed by atoms with Crippen molar-refractivity contribution in [3.8, 4) is 5.75 Å². The van der Waals surface area contributed by atoms with E-state index in [1.54, 1.807) is 0 Å². The van der Waals surface area contributed by atoms with Gasteiger partial charge in [-0.1, -0.05) is 60.7 Å². The fourth-order valence-corrected chi connectivity index (χ4v) is 3.88. The highest BCUT2D eigenvalue weighted by atomic mass is 16.6. The van der Waals surface area contributed by atoms with Crippen LogP contribution in [0.25, 0.3) is 0 Å². The second-order valence-electron chi connectivity index (χ2n) is 7.20. The maximum absolute atomic E-state index is 12.8. The summed E-state index contributed by atoms with van der Waals surface area (Å²) in [6.07, 6.45) is 2.02. The van der Waals surface area contributed by atoms with E-state index in [9.17, 15) is 20.0 Å². The van der Waals surface area contributed by atoms with Crippen LogP contribution in [0.15, 0.2) is 84.0 Å². The summed E-state index contributed by atoms with van der Waals surface area (Å²) in [7, 11) is 0. The first kappa shape index (κ1) is 19.3. The molecule has 0 aromatic heterocycles. The number of nitrogens with one attached hydrogen (secondary N) is 1. The molecule has 3 aromatic rings. The highest BCUT2D eigenvalue weighted by molar-refractivity contribution is 5.88. The standard InChI is InChI=1S/C23H19N3O4/c27-21-13-16(11-12-20(21)26(29)30)15-24-25-22(28)19-14-23(19,17-7-3-1-4-8-17)18-9-5-2-6-10-18/h1-13,15,19,27H,14H2,(H,25,28)/t19-/m0/s1. The molecule has 2 N–H and O–H groups in total. The molecule has 7 heteroatoms. The van der Waals surface area contributed by atoms with Crippen LogP contribution >= 0.6 is 0 Å². The Hall–Kier alpha value is -4.00. The Morgan fingerprint density at radius 2 is 1.67 bits per heavy atom. The summed E-state index contributed by atoms with van der Waals surface area (Å²) in [5.74, 6) is -0.917. The van der Waals surface area contributed by atoms with Crippen molar-refractivity contribution in [3.05, 3.63) is 106 Å². The van der Waals surface area contributed by atoms with Gasteiger partial charge in [0.25, 0.3) is 0 Å². The van der Waals surface area contributed by atoms with Crippen LogP contribution in [-0.4, -0.2) is 22.2 Å². The molecule has 1 fully saturated rings. The summed E-state index contributed by atoms with van der Waals surface area (Å²) < 4.78 is 0. The molecule has 30 heavy (non-hydrogen) atoms. The molecule has 1 amide bonds. The number of phenols is 1. The number of benzene rings is 3. The Kier molecular flexibility index (Phi) is 5.02. The number of hydrogen-bond acceptors (Lipinski definition) is 5. The van der Waals surface area contributed by atoms with Crippen molar-refractivity contribution in [1.29, 1.82) is 0 Å². The Labute approximate surface area is 172 Å². The lowest BCUT2D eigenvalue weighted by atomic mass is 9.85. The molecule has 0 spiro atoms. The lowest BCUT2D eigenvalue weighted by Gasteiger charge is -2.18. The third-order valence-electron chi connectivity index (χ3n) is 5.44. The minimum atomic E-state index is -0.669. The maximum atomic E-state index is 12.8. The minimum Gasteiger partial charge on any atom is -0.502 e. The predicted octanol–water partition coefficient (Wildman–Crippen LogP) is 3.76. The quantitative estimate of drug-likeness (QED) is 0.373. The van der Waals surface area contributed by atoms with Crippen molar-refractivity contribution in [3.63, 3.8) is 0 Å². The number of nitro groups is 1. The molecule has 150 valence electrons. The zero-order chi connectivity index (χ0) is 21.1. The van der Waals surface area contributed by atoms with Gasteiger partial charge >= 0.3 is 5.69 Å². The summed E-state index contributed by atoms with van der Waals surface area (Å²) in [6.45, 7) is 0. The molecule has 1 atom stereocenters. The van der Waals surface area contributed by atoms with E-state index in [1.807, 2.05) is 60.7 Å². The van der Waals surface area contributed by atoms with E-state index in [2.05, 4.69) is 10.5 Å². The molecule has 1 saturated carbocycles. The number of hydrogen-bond donors (Lipinski definition) is 2. The van der Waals surface area contributed by atoms with Crippen LogP contribution < -0.4 is 5.43 Å². The van der Waals surface area contributed by atoms with E-state index < -0.39 is 10.7 Å².